The summed E-state index contributed by atoms with van der Waals surface area (Å²) in [6.07, 6.45) is 4.49. The molecule has 25 heavy (non-hydrogen) atoms. The molecule has 0 saturated heterocycles. The molecule has 0 saturated carbocycles. The molecule has 4 heteroatoms. The van der Waals surface area contributed by atoms with E-state index in [0.29, 0.717) is 0 Å². The van der Waals surface area contributed by atoms with Crippen molar-refractivity contribution in [3.05, 3.63) is 51.9 Å². The molecule has 2 heterocycles. The maximum atomic E-state index is 6.23. The molecule has 132 valence electrons. The lowest BCUT2D eigenvalue weighted by Crippen LogP contribution is -2.26. The second-order valence-electron chi connectivity index (χ2n) is 6.91. The fourth-order valence-corrected chi connectivity index (χ4v) is 4.82. The van der Waals surface area contributed by atoms with E-state index >= 15 is 0 Å². The average Bonchev–Trinajstić information content (AvgIpc) is 3.10. The minimum absolute atomic E-state index is 0.0511. The van der Waals surface area contributed by atoms with Crippen molar-refractivity contribution in [2.45, 2.75) is 33.1 Å². The molecule has 3 rings (SSSR count). The summed E-state index contributed by atoms with van der Waals surface area (Å²) in [4.78, 5) is 3.67. The Kier molecular flexibility index (Phi) is 5.08. The van der Waals surface area contributed by atoms with E-state index in [4.69, 9.17) is 11.6 Å². The van der Waals surface area contributed by atoms with Crippen molar-refractivity contribution >= 4 is 45.4 Å². The highest BCUT2D eigenvalue weighted by Gasteiger charge is 2.42. The summed E-state index contributed by atoms with van der Waals surface area (Å²) < 4.78 is 2.28. The van der Waals surface area contributed by atoms with Gasteiger partial charge in [-0.3, -0.25) is 0 Å². The van der Waals surface area contributed by atoms with Crippen LogP contribution in [0.25, 0.3) is 6.08 Å². The van der Waals surface area contributed by atoms with Crippen molar-refractivity contribution in [1.82, 2.24) is 0 Å². The van der Waals surface area contributed by atoms with Gasteiger partial charge in [-0.1, -0.05) is 11.6 Å². The highest BCUT2D eigenvalue weighted by molar-refractivity contribution is 7.16. The molecule has 0 amide bonds. The number of hydrogen-bond donors (Lipinski definition) is 0. The number of hydrogen-bond acceptors (Lipinski definition) is 2. The van der Waals surface area contributed by atoms with E-state index in [1.54, 1.807) is 0 Å². The topological polar surface area (TPSA) is 6.25 Å². The second-order valence-corrected chi connectivity index (χ2v) is 8.44. The first-order valence-electron chi connectivity index (χ1n) is 8.82. The molecule has 1 aliphatic rings. The molecule has 0 unspecified atom stereocenters. The first kappa shape index (κ1) is 18.2. The van der Waals surface area contributed by atoms with Crippen LogP contribution in [0.5, 0.6) is 0 Å². The largest absolute Gasteiger partial charge is 0.364 e. The highest BCUT2D eigenvalue weighted by Crippen LogP contribution is 2.40. The Bertz CT molecular complexity index is 841. The number of anilines is 1. The Morgan fingerprint density at radius 3 is 2.52 bits per heavy atom. The normalized spacial score (nSPS) is 15.9. The Morgan fingerprint density at radius 2 is 1.84 bits per heavy atom. The molecule has 0 N–H and O–H groups in total. The van der Waals surface area contributed by atoms with Gasteiger partial charge in [0.1, 0.15) is 7.05 Å². The van der Waals surface area contributed by atoms with Crippen molar-refractivity contribution in [1.29, 1.82) is 0 Å². The van der Waals surface area contributed by atoms with Crippen LogP contribution in [0.1, 0.15) is 38.1 Å². The van der Waals surface area contributed by atoms with E-state index in [1.165, 1.54) is 26.8 Å². The van der Waals surface area contributed by atoms with E-state index in [1.807, 2.05) is 17.4 Å². The summed E-state index contributed by atoms with van der Waals surface area (Å²) in [6.45, 7) is 11.0. The van der Waals surface area contributed by atoms with Crippen LogP contribution >= 0.6 is 22.9 Å². The zero-order valence-corrected chi connectivity index (χ0v) is 17.2. The van der Waals surface area contributed by atoms with Gasteiger partial charge in [-0.15, -0.1) is 11.3 Å². The fourth-order valence-electron chi connectivity index (χ4n) is 3.61. The maximum Gasteiger partial charge on any atom is 0.209 e. The Hall–Kier alpha value is -1.58. The third kappa shape index (κ3) is 3.28. The van der Waals surface area contributed by atoms with Gasteiger partial charge in [0.15, 0.2) is 5.71 Å². The predicted molar refractivity (Wildman–Crippen MR) is 112 cm³/mol. The quantitative estimate of drug-likeness (QED) is 0.585. The molecule has 1 aromatic carbocycles. The SMILES string of the molecule is CCN(CC)c1ccc(C=CC2=[N+](C)c3ccc(Cl)cc3C2(C)C)s1. The monoisotopic (exact) mass is 373 g/mol. The van der Waals surface area contributed by atoms with Crippen LogP contribution in [-0.4, -0.2) is 30.4 Å². The Morgan fingerprint density at radius 1 is 1.12 bits per heavy atom. The third-order valence-electron chi connectivity index (χ3n) is 5.09. The Labute approximate surface area is 160 Å². The van der Waals surface area contributed by atoms with Gasteiger partial charge < -0.3 is 4.90 Å². The van der Waals surface area contributed by atoms with Gasteiger partial charge in [0.2, 0.25) is 5.69 Å². The lowest BCUT2D eigenvalue weighted by Gasteiger charge is -2.17. The molecule has 1 aliphatic heterocycles. The van der Waals surface area contributed by atoms with Crippen LogP contribution in [0.4, 0.5) is 10.7 Å². The van der Waals surface area contributed by atoms with E-state index in [-0.39, 0.29) is 5.41 Å². The van der Waals surface area contributed by atoms with Crippen LogP contribution < -0.4 is 4.90 Å². The van der Waals surface area contributed by atoms with Crippen molar-refractivity contribution < 1.29 is 4.58 Å². The van der Waals surface area contributed by atoms with E-state index < -0.39 is 0 Å². The summed E-state index contributed by atoms with van der Waals surface area (Å²) in [5.74, 6) is 0. The van der Waals surface area contributed by atoms with Gasteiger partial charge >= 0.3 is 0 Å². The molecule has 2 nitrogen and oxygen atoms in total. The van der Waals surface area contributed by atoms with E-state index in [9.17, 15) is 0 Å². The van der Waals surface area contributed by atoms with Gasteiger partial charge in [0, 0.05) is 40.7 Å². The molecule has 0 radical (unpaired) electrons. The zero-order valence-electron chi connectivity index (χ0n) is 15.6. The minimum atomic E-state index is -0.0511. The number of thiophene rings is 1. The highest BCUT2D eigenvalue weighted by atomic mass is 35.5. The first-order chi connectivity index (χ1) is 11.9. The van der Waals surface area contributed by atoms with Crippen molar-refractivity contribution in [2.24, 2.45) is 0 Å². The summed E-state index contributed by atoms with van der Waals surface area (Å²) in [7, 11) is 2.14. The first-order valence-corrected chi connectivity index (χ1v) is 10.0. The fraction of sp³-hybridized carbons (Fsp3) is 0.381. The standard InChI is InChI=1S/C21H26ClN2S/c1-6-24(7-2)20-13-10-16(25-20)9-12-19-21(3,4)17-14-15(22)8-11-18(17)23(19)5/h8-14H,6-7H2,1-5H3/q+1. The van der Waals surface area contributed by atoms with Gasteiger partial charge in [0.25, 0.3) is 0 Å². The number of benzene rings is 1. The van der Waals surface area contributed by atoms with Crippen LogP contribution in [0.3, 0.4) is 0 Å². The van der Waals surface area contributed by atoms with E-state index in [0.717, 1.165) is 18.1 Å². The Balaban J connectivity index is 1.91. The maximum absolute atomic E-state index is 6.23. The van der Waals surface area contributed by atoms with E-state index in [2.05, 4.69) is 80.6 Å². The third-order valence-corrected chi connectivity index (χ3v) is 6.43. The van der Waals surface area contributed by atoms with Crippen LogP contribution in [-0.2, 0) is 5.41 Å². The molecule has 0 atom stereocenters. The second kappa shape index (κ2) is 6.97. The van der Waals surface area contributed by atoms with Crippen molar-refractivity contribution in [3.63, 3.8) is 0 Å². The van der Waals surface area contributed by atoms with Crippen LogP contribution in [0.15, 0.2) is 36.4 Å². The summed E-state index contributed by atoms with van der Waals surface area (Å²) in [5.41, 5.74) is 3.77. The predicted octanol–water partition coefficient (Wildman–Crippen LogP) is 5.97. The number of allylic oxidation sites excluding steroid dienone is 1. The summed E-state index contributed by atoms with van der Waals surface area (Å²) in [6, 6.07) is 10.6. The molecular weight excluding hydrogens is 348 g/mol. The van der Waals surface area contributed by atoms with Crippen LogP contribution in [0.2, 0.25) is 5.02 Å². The zero-order chi connectivity index (χ0) is 18.2. The number of halogens is 1. The molecule has 0 fully saturated rings. The van der Waals surface area contributed by atoms with Crippen molar-refractivity contribution in [2.75, 3.05) is 25.0 Å². The smallest absolute Gasteiger partial charge is 0.209 e. The lowest BCUT2D eigenvalue weighted by atomic mass is 9.81. The number of fused-ring (bicyclic) bond motifs is 1. The number of rotatable bonds is 5. The number of nitrogens with zero attached hydrogens (tertiary/aromatic N) is 2. The van der Waals surface area contributed by atoms with Crippen LogP contribution in [0, 0.1) is 0 Å². The molecule has 2 aromatic rings. The van der Waals surface area contributed by atoms with Gasteiger partial charge in [0.05, 0.1) is 10.4 Å². The molecule has 1 aromatic heterocycles. The summed E-state index contributed by atoms with van der Waals surface area (Å²) in [5, 5.41) is 2.14. The molecule has 0 aliphatic carbocycles. The molecule has 0 bridgehead atoms. The molecular formula is C21H26ClN2S+. The average molecular weight is 374 g/mol. The summed E-state index contributed by atoms with van der Waals surface area (Å²) >= 11 is 8.08. The minimum Gasteiger partial charge on any atom is -0.364 e. The lowest BCUT2D eigenvalue weighted by molar-refractivity contribution is -0.401. The van der Waals surface area contributed by atoms with Gasteiger partial charge in [-0.05, 0) is 58.0 Å². The molecule has 0 spiro atoms. The van der Waals surface area contributed by atoms with Gasteiger partial charge in [-0.25, -0.2) is 0 Å². The van der Waals surface area contributed by atoms with Gasteiger partial charge in [-0.2, -0.15) is 4.58 Å². The van der Waals surface area contributed by atoms with Crippen molar-refractivity contribution in [3.8, 4) is 0 Å².